The van der Waals surface area contributed by atoms with Gasteiger partial charge in [-0.3, -0.25) is 9.69 Å². The number of halogens is 1. The summed E-state index contributed by atoms with van der Waals surface area (Å²) in [6, 6.07) is 5.34. The van der Waals surface area contributed by atoms with Gasteiger partial charge >= 0.3 is 12.1 Å². The Balaban J connectivity index is 2.88. The van der Waals surface area contributed by atoms with Gasteiger partial charge in [0, 0.05) is 23.7 Å². The highest BCUT2D eigenvalue weighted by atomic mass is 35.5. The summed E-state index contributed by atoms with van der Waals surface area (Å²) < 4.78 is 10.4. The van der Waals surface area contributed by atoms with Crippen LogP contribution in [0, 0.1) is 6.92 Å². The molecular weight excluding hydrogens is 330 g/mol. The first-order chi connectivity index (χ1) is 11.1. The first-order valence-electron chi connectivity index (χ1n) is 8.06. The van der Waals surface area contributed by atoms with Gasteiger partial charge in [-0.1, -0.05) is 11.6 Å². The molecule has 0 saturated heterocycles. The normalized spacial score (nSPS) is 11.1. The minimum atomic E-state index is -0.599. The van der Waals surface area contributed by atoms with Crippen molar-refractivity contribution in [3.05, 3.63) is 28.8 Å². The lowest BCUT2D eigenvalue weighted by Crippen LogP contribution is -2.37. The molecule has 1 rings (SSSR count). The molecule has 0 aliphatic rings. The number of rotatable bonds is 6. The Morgan fingerprint density at radius 1 is 1.25 bits per heavy atom. The van der Waals surface area contributed by atoms with Gasteiger partial charge in [0.25, 0.3) is 0 Å². The molecule has 0 aliphatic heterocycles. The Hall–Kier alpha value is -1.75. The minimum Gasteiger partial charge on any atom is -0.466 e. The lowest BCUT2D eigenvalue weighted by atomic mass is 10.2. The van der Waals surface area contributed by atoms with E-state index in [0.29, 0.717) is 30.3 Å². The van der Waals surface area contributed by atoms with E-state index in [1.165, 1.54) is 4.90 Å². The zero-order chi connectivity index (χ0) is 18.3. The summed E-state index contributed by atoms with van der Waals surface area (Å²) in [5, 5.41) is 0.634. The number of aryl methyl sites for hydroxylation is 1. The average Bonchev–Trinajstić information content (AvgIpc) is 2.45. The standard InChI is InChI=1S/C18H26ClNO4/c1-6-23-16(21)8-7-11-20(17(22)24-18(3,4)5)14-9-10-15(19)13(2)12-14/h9-10,12H,6-8,11H2,1-5H3. The van der Waals surface area contributed by atoms with E-state index in [1.54, 1.807) is 19.1 Å². The van der Waals surface area contributed by atoms with Crippen LogP contribution in [-0.4, -0.2) is 30.8 Å². The summed E-state index contributed by atoms with van der Waals surface area (Å²) in [5.74, 6) is -0.270. The van der Waals surface area contributed by atoms with E-state index < -0.39 is 11.7 Å². The first kappa shape index (κ1) is 20.3. The Kier molecular flexibility index (Phi) is 7.55. The number of nitrogens with zero attached hydrogens (tertiary/aromatic N) is 1. The number of benzene rings is 1. The van der Waals surface area contributed by atoms with E-state index in [4.69, 9.17) is 21.1 Å². The summed E-state index contributed by atoms with van der Waals surface area (Å²) in [5.41, 5.74) is 0.959. The fourth-order valence-electron chi connectivity index (χ4n) is 2.05. The highest BCUT2D eigenvalue weighted by Gasteiger charge is 2.23. The molecule has 1 aromatic carbocycles. The Bertz CT molecular complexity index is 581. The highest BCUT2D eigenvalue weighted by Crippen LogP contribution is 2.24. The second-order valence-electron chi connectivity index (χ2n) is 6.47. The number of hydrogen-bond acceptors (Lipinski definition) is 4. The predicted octanol–water partition coefficient (Wildman–Crippen LogP) is 4.73. The van der Waals surface area contributed by atoms with Gasteiger partial charge in [-0.15, -0.1) is 0 Å². The zero-order valence-corrected chi connectivity index (χ0v) is 15.8. The van der Waals surface area contributed by atoms with Crippen LogP contribution >= 0.6 is 11.6 Å². The van der Waals surface area contributed by atoms with E-state index in [1.807, 2.05) is 33.8 Å². The van der Waals surface area contributed by atoms with E-state index >= 15 is 0 Å². The molecule has 0 aliphatic carbocycles. The van der Waals surface area contributed by atoms with Crippen molar-refractivity contribution in [1.29, 1.82) is 0 Å². The van der Waals surface area contributed by atoms with Crippen molar-refractivity contribution in [1.82, 2.24) is 0 Å². The van der Waals surface area contributed by atoms with Crippen LogP contribution in [0.5, 0.6) is 0 Å². The largest absolute Gasteiger partial charge is 0.466 e. The summed E-state index contributed by atoms with van der Waals surface area (Å²) in [6.45, 7) is 9.79. The molecule has 0 fully saturated rings. The second kappa shape index (κ2) is 8.92. The van der Waals surface area contributed by atoms with Gasteiger partial charge in [-0.25, -0.2) is 4.79 Å². The number of anilines is 1. The number of amides is 1. The third kappa shape index (κ3) is 6.79. The number of ether oxygens (including phenoxy) is 2. The van der Waals surface area contributed by atoms with Gasteiger partial charge in [-0.05, 0) is 64.8 Å². The molecule has 1 aromatic rings. The lowest BCUT2D eigenvalue weighted by Gasteiger charge is -2.27. The second-order valence-corrected chi connectivity index (χ2v) is 6.88. The van der Waals surface area contributed by atoms with E-state index in [9.17, 15) is 9.59 Å². The maximum absolute atomic E-state index is 12.5. The van der Waals surface area contributed by atoms with Crippen LogP contribution in [0.25, 0.3) is 0 Å². The molecule has 0 spiro atoms. The monoisotopic (exact) mass is 355 g/mol. The summed E-state index contributed by atoms with van der Waals surface area (Å²) in [7, 11) is 0. The van der Waals surface area contributed by atoms with E-state index in [0.717, 1.165) is 5.56 Å². The molecule has 0 aromatic heterocycles. The van der Waals surface area contributed by atoms with Gasteiger partial charge in [0.15, 0.2) is 0 Å². The van der Waals surface area contributed by atoms with Crippen LogP contribution < -0.4 is 4.90 Å². The van der Waals surface area contributed by atoms with Crippen LogP contribution in [-0.2, 0) is 14.3 Å². The zero-order valence-electron chi connectivity index (χ0n) is 15.0. The first-order valence-corrected chi connectivity index (χ1v) is 8.44. The molecule has 6 heteroatoms. The third-order valence-corrected chi connectivity index (χ3v) is 3.56. The van der Waals surface area contributed by atoms with Gasteiger partial charge in [0.05, 0.1) is 6.61 Å². The fraction of sp³-hybridized carbons (Fsp3) is 0.556. The molecule has 134 valence electrons. The van der Waals surface area contributed by atoms with E-state index in [2.05, 4.69) is 0 Å². The molecule has 0 heterocycles. The topological polar surface area (TPSA) is 55.8 Å². The summed E-state index contributed by atoms with van der Waals surface area (Å²) in [4.78, 5) is 25.5. The molecule has 0 saturated carbocycles. The molecule has 0 unspecified atom stereocenters. The number of esters is 1. The van der Waals surface area contributed by atoms with Crippen LogP contribution in [0.1, 0.15) is 46.1 Å². The van der Waals surface area contributed by atoms with Crippen molar-refractivity contribution >= 4 is 29.4 Å². The van der Waals surface area contributed by atoms with Crippen LogP contribution in [0.15, 0.2) is 18.2 Å². The van der Waals surface area contributed by atoms with Crippen LogP contribution in [0.3, 0.4) is 0 Å². The fourth-order valence-corrected chi connectivity index (χ4v) is 2.17. The number of carbonyl (C=O) groups excluding carboxylic acids is 2. The number of carbonyl (C=O) groups is 2. The van der Waals surface area contributed by atoms with E-state index in [-0.39, 0.29) is 12.4 Å². The molecule has 0 radical (unpaired) electrons. The number of hydrogen-bond donors (Lipinski definition) is 0. The van der Waals surface area contributed by atoms with Gasteiger partial charge in [0.1, 0.15) is 5.60 Å². The average molecular weight is 356 g/mol. The minimum absolute atomic E-state index is 0.250. The van der Waals surface area contributed by atoms with Crippen molar-refractivity contribution in [2.75, 3.05) is 18.1 Å². The van der Waals surface area contributed by atoms with Crippen LogP contribution in [0.4, 0.5) is 10.5 Å². The van der Waals surface area contributed by atoms with Gasteiger partial charge in [-0.2, -0.15) is 0 Å². The molecule has 0 atom stereocenters. The lowest BCUT2D eigenvalue weighted by molar-refractivity contribution is -0.143. The van der Waals surface area contributed by atoms with Crippen molar-refractivity contribution in [3.63, 3.8) is 0 Å². The summed E-state index contributed by atoms with van der Waals surface area (Å²) in [6.07, 6.45) is 0.285. The van der Waals surface area contributed by atoms with Crippen molar-refractivity contribution in [2.45, 2.75) is 53.1 Å². The van der Waals surface area contributed by atoms with Gasteiger partial charge in [0.2, 0.25) is 0 Å². The molecule has 24 heavy (non-hydrogen) atoms. The Morgan fingerprint density at radius 2 is 1.92 bits per heavy atom. The van der Waals surface area contributed by atoms with Crippen molar-refractivity contribution in [2.24, 2.45) is 0 Å². The Morgan fingerprint density at radius 3 is 2.46 bits per heavy atom. The smallest absolute Gasteiger partial charge is 0.414 e. The molecule has 1 amide bonds. The summed E-state index contributed by atoms with van der Waals surface area (Å²) >= 11 is 6.06. The molecule has 5 nitrogen and oxygen atoms in total. The maximum Gasteiger partial charge on any atom is 0.414 e. The third-order valence-electron chi connectivity index (χ3n) is 3.14. The SMILES string of the molecule is CCOC(=O)CCCN(C(=O)OC(C)(C)C)c1ccc(Cl)c(C)c1. The van der Waals surface area contributed by atoms with Gasteiger partial charge < -0.3 is 9.47 Å². The Labute approximate surface area is 148 Å². The molecule has 0 bridgehead atoms. The maximum atomic E-state index is 12.5. The highest BCUT2D eigenvalue weighted by molar-refractivity contribution is 6.31. The van der Waals surface area contributed by atoms with Crippen LogP contribution in [0.2, 0.25) is 5.02 Å². The molecular formula is C18H26ClNO4. The van der Waals surface area contributed by atoms with Crippen molar-refractivity contribution in [3.8, 4) is 0 Å². The predicted molar refractivity (Wildman–Crippen MR) is 95.6 cm³/mol. The quantitative estimate of drug-likeness (QED) is 0.692. The van der Waals surface area contributed by atoms with Crippen molar-refractivity contribution < 1.29 is 19.1 Å². The molecule has 0 N–H and O–H groups in total.